The molecule has 0 aliphatic heterocycles. The zero-order valence-electron chi connectivity index (χ0n) is 16.2. The quantitative estimate of drug-likeness (QED) is 0.465. The lowest BCUT2D eigenvalue weighted by molar-refractivity contribution is -0.152. The fraction of sp³-hybridized carbons (Fsp3) is 0.286. The maximum atomic E-state index is 13.2. The van der Waals surface area contributed by atoms with Crippen LogP contribution in [0.3, 0.4) is 0 Å². The normalized spacial score (nSPS) is 13.6. The average Bonchev–Trinajstić information content (AvgIpc) is 3.16. The maximum absolute atomic E-state index is 13.2. The Kier molecular flexibility index (Phi) is 6.41. The standard InChI is InChI=1S/C21H23NO6/c1-20(2,3)28-19(25)22-21(18(24)26-4,15-9-6-5-7-10-15)17(23)13-12-16-11-8-14-27-16/h5-14H,1-4H3,(H,22,25)/b13-12+/t21-/m1/s1. The first-order valence-electron chi connectivity index (χ1n) is 8.60. The molecule has 0 saturated carbocycles. The van der Waals surface area contributed by atoms with Crippen LogP contribution in [0, 0.1) is 0 Å². The fourth-order valence-corrected chi connectivity index (χ4v) is 2.51. The Morgan fingerprint density at radius 1 is 1.04 bits per heavy atom. The molecule has 0 aliphatic rings. The van der Waals surface area contributed by atoms with Crippen LogP contribution in [0.25, 0.3) is 6.08 Å². The van der Waals surface area contributed by atoms with E-state index >= 15 is 0 Å². The fourth-order valence-electron chi connectivity index (χ4n) is 2.51. The second-order valence-electron chi connectivity index (χ2n) is 6.95. The minimum atomic E-state index is -2.11. The number of ketones is 1. The molecule has 0 radical (unpaired) electrons. The number of hydrogen-bond donors (Lipinski definition) is 1. The largest absolute Gasteiger partial charge is 0.467 e. The van der Waals surface area contributed by atoms with E-state index in [1.54, 1.807) is 63.2 Å². The van der Waals surface area contributed by atoms with E-state index in [9.17, 15) is 14.4 Å². The molecule has 1 N–H and O–H groups in total. The third kappa shape index (κ3) is 4.88. The summed E-state index contributed by atoms with van der Waals surface area (Å²) in [5.41, 5.74) is -2.70. The van der Waals surface area contributed by atoms with E-state index in [1.807, 2.05) is 0 Å². The van der Waals surface area contributed by atoms with Gasteiger partial charge in [-0.05, 0) is 50.6 Å². The number of alkyl carbamates (subject to hydrolysis) is 1. The van der Waals surface area contributed by atoms with Crippen molar-refractivity contribution in [2.24, 2.45) is 0 Å². The number of rotatable bonds is 6. The Bertz CT molecular complexity index is 849. The van der Waals surface area contributed by atoms with Gasteiger partial charge in [-0.2, -0.15) is 0 Å². The Hall–Kier alpha value is -3.35. The summed E-state index contributed by atoms with van der Waals surface area (Å²) >= 11 is 0. The number of furan rings is 1. The molecular formula is C21H23NO6. The molecule has 7 heteroatoms. The number of carbonyl (C=O) groups excluding carboxylic acids is 3. The molecule has 28 heavy (non-hydrogen) atoms. The number of nitrogens with one attached hydrogen (secondary N) is 1. The zero-order valence-corrected chi connectivity index (χ0v) is 16.2. The smallest absolute Gasteiger partial charge is 0.409 e. The van der Waals surface area contributed by atoms with E-state index in [0.29, 0.717) is 5.76 Å². The molecule has 0 aliphatic carbocycles. The van der Waals surface area contributed by atoms with Gasteiger partial charge in [-0.1, -0.05) is 30.3 Å². The molecule has 2 aromatic rings. The molecular weight excluding hydrogens is 362 g/mol. The SMILES string of the molecule is COC(=O)[C@](NC(=O)OC(C)(C)C)(C(=O)/C=C/c1ccco1)c1ccccc1. The second-order valence-corrected chi connectivity index (χ2v) is 6.95. The van der Waals surface area contributed by atoms with Crippen LogP contribution in [0.4, 0.5) is 4.79 Å². The van der Waals surface area contributed by atoms with E-state index in [1.165, 1.54) is 12.3 Å². The topological polar surface area (TPSA) is 94.8 Å². The summed E-state index contributed by atoms with van der Waals surface area (Å²) in [6.45, 7) is 5.02. The molecule has 1 amide bonds. The van der Waals surface area contributed by atoms with Crippen molar-refractivity contribution in [1.29, 1.82) is 0 Å². The molecule has 0 bridgehead atoms. The predicted molar refractivity (Wildman–Crippen MR) is 102 cm³/mol. The number of benzene rings is 1. The molecule has 148 valence electrons. The number of hydrogen-bond acceptors (Lipinski definition) is 6. The molecule has 7 nitrogen and oxygen atoms in total. The molecule has 0 spiro atoms. The first-order chi connectivity index (χ1) is 13.2. The van der Waals surface area contributed by atoms with Crippen molar-refractivity contribution in [3.8, 4) is 0 Å². The van der Waals surface area contributed by atoms with Crippen LogP contribution in [-0.4, -0.2) is 30.6 Å². The van der Waals surface area contributed by atoms with Crippen molar-refractivity contribution in [2.75, 3.05) is 7.11 Å². The van der Waals surface area contributed by atoms with Gasteiger partial charge in [0.25, 0.3) is 0 Å². The van der Waals surface area contributed by atoms with Crippen molar-refractivity contribution in [2.45, 2.75) is 31.9 Å². The van der Waals surface area contributed by atoms with Crippen LogP contribution in [-0.2, 0) is 24.6 Å². The van der Waals surface area contributed by atoms with Crippen molar-refractivity contribution in [3.05, 3.63) is 66.1 Å². The molecule has 1 aromatic heterocycles. The molecule has 1 aromatic carbocycles. The van der Waals surface area contributed by atoms with E-state index in [0.717, 1.165) is 13.2 Å². The molecule has 0 saturated heterocycles. The Labute approximate surface area is 163 Å². The van der Waals surface area contributed by atoms with E-state index in [-0.39, 0.29) is 5.56 Å². The van der Waals surface area contributed by atoms with Gasteiger partial charge in [0.05, 0.1) is 13.4 Å². The number of methoxy groups -OCH3 is 1. The average molecular weight is 385 g/mol. The monoisotopic (exact) mass is 385 g/mol. The van der Waals surface area contributed by atoms with Crippen LogP contribution in [0.2, 0.25) is 0 Å². The third-order valence-electron chi connectivity index (χ3n) is 3.70. The Morgan fingerprint density at radius 2 is 1.71 bits per heavy atom. The van der Waals surface area contributed by atoms with Gasteiger partial charge in [-0.15, -0.1) is 0 Å². The highest BCUT2D eigenvalue weighted by atomic mass is 16.6. The second kappa shape index (κ2) is 8.56. The minimum Gasteiger partial charge on any atom is -0.467 e. The number of esters is 1. The van der Waals surface area contributed by atoms with Gasteiger partial charge in [0, 0.05) is 0 Å². The number of carbonyl (C=O) groups is 3. The summed E-state index contributed by atoms with van der Waals surface area (Å²) in [6.07, 6.45) is 3.08. The summed E-state index contributed by atoms with van der Waals surface area (Å²) in [4.78, 5) is 38.4. The van der Waals surface area contributed by atoms with Crippen molar-refractivity contribution in [1.82, 2.24) is 5.32 Å². The van der Waals surface area contributed by atoms with Gasteiger partial charge in [0.1, 0.15) is 11.4 Å². The van der Waals surface area contributed by atoms with E-state index < -0.39 is 29.0 Å². The lowest BCUT2D eigenvalue weighted by Gasteiger charge is -2.31. The van der Waals surface area contributed by atoms with Crippen molar-refractivity contribution < 1.29 is 28.3 Å². The number of amides is 1. The van der Waals surface area contributed by atoms with Crippen molar-refractivity contribution >= 4 is 23.9 Å². The van der Waals surface area contributed by atoms with Crippen LogP contribution in [0.5, 0.6) is 0 Å². The van der Waals surface area contributed by atoms with Gasteiger partial charge >= 0.3 is 12.1 Å². The minimum absolute atomic E-state index is 0.238. The summed E-state index contributed by atoms with van der Waals surface area (Å²) in [6, 6.07) is 11.4. The predicted octanol–water partition coefficient (Wildman–Crippen LogP) is 3.46. The van der Waals surface area contributed by atoms with Gasteiger partial charge < -0.3 is 13.9 Å². The lowest BCUT2D eigenvalue weighted by Crippen LogP contribution is -2.58. The maximum Gasteiger partial charge on any atom is 0.409 e. The molecule has 1 heterocycles. The van der Waals surface area contributed by atoms with E-state index in [2.05, 4.69) is 5.32 Å². The first kappa shape index (κ1) is 21.0. The van der Waals surface area contributed by atoms with Crippen LogP contribution in [0.1, 0.15) is 32.1 Å². The van der Waals surface area contributed by atoms with E-state index in [4.69, 9.17) is 13.9 Å². The molecule has 0 unspecified atom stereocenters. The summed E-state index contributed by atoms with van der Waals surface area (Å²) in [7, 11) is 1.14. The third-order valence-corrected chi connectivity index (χ3v) is 3.70. The summed E-state index contributed by atoms with van der Waals surface area (Å²) in [5.74, 6) is -1.25. The van der Waals surface area contributed by atoms with Crippen LogP contribution < -0.4 is 5.32 Å². The summed E-state index contributed by atoms with van der Waals surface area (Å²) in [5, 5.41) is 2.42. The Morgan fingerprint density at radius 3 is 2.25 bits per heavy atom. The lowest BCUT2D eigenvalue weighted by atomic mass is 9.85. The number of ether oxygens (including phenoxy) is 2. The van der Waals surface area contributed by atoms with Gasteiger partial charge in [0.2, 0.25) is 5.54 Å². The highest BCUT2D eigenvalue weighted by Crippen LogP contribution is 2.26. The molecule has 1 atom stereocenters. The Balaban J connectivity index is 2.52. The van der Waals surface area contributed by atoms with Gasteiger partial charge in [-0.25, -0.2) is 9.59 Å². The zero-order chi connectivity index (χ0) is 20.8. The highest BCUT2D eigenvalue weighted by Gasteiger charge is 2.49. The van der Waals surface area contributed by atoms with Gasteiger partial charge in [0.15, 0.2) is 5.78 Å². The summed E-state index contributed by atoms with van der Waals surface area (Å²) < 4.78 is 15.3. The van der Waals surface area contributed by atoms with Gasteiger partial charge in [-0.3, -0.25) is 10.1 Å². The molecule has 0 fully saturated rings. The molecule has 2 rings (SSSR count). The van der Waals surface area contributed by atoms with Crippen LogP contribution >= 0.6 is 0 Å². The highest BCUT2D eigenvalue weighted by molar-refractivity contribution is 6.16. The van der Waals surface area contributed by atoms with Crippen LogP contribution in [0.15, 0.2) is 59.2 Å². The first-order valence-corrected chi connectivity index (χ1v) is 8.60. The van der Waals surface area contributed by atoms with Crippen molar-refractivity contribution in [3.63, 3.8) is 0 Å².